The van der Waals surface area contributed by atoms with Crippen molar-refractivity contribution in [3.8, 4) is 23.6 Å². The topological polar surface area (TPSA) is 205 Å². The SMILES string of the molecule is N#CC(C#N)=Cc1ccc(OCCOC(=O)c2ccc3c(c2)C(=O)OC3=O)c(OCCOC(=O)c2ccc3c(c2)C(=O)OC3=O)c1. The van der Waals surface area contributed by atoms with E-state index in [4.69, 9.17) is 29.5 Å². The van der Waals surface area contributed by atoms with Crippen LogP contribution in [0, 0.1) is 22.7 Å². The molecule has 0 saturated heterocycles. The molecule has 0 amide bonds. The zero-order valence-electron chi connectivity index (χ0n) is 23.4. The number of nitriles is 2. The molecule has 0 aromatic heterocycles. The fourth-order valence-corrected chi connectivity index (χ4v) is 4.27. The maximum atomic E-state index is 12.5. The van der Waals surface area contributed by atoms with Gasteiger partial charge in [0.15, 0.2) is 11.5 Å². The van der Waals surface area contributed by atoms with Gasteiger partial charge in [-0.15, -0.1) is 0 Å². The minimum atomic E-state index is -0.863. The van der Waals surface area contributed by atoms with Gasteiger partial charge in [0, 0.05) is 0 Å². The number of ether oxygens (including phenoxy) is 6. The average molecular weight is 622 g/mol. The molecule has 0 spiro atoms. The van der Waals surface area contributed by atoms with Crippen molar-refractivity contribution < 1.29 is 57.2 Å². The Morgan fingerprint density at radius 3 is 1.59 bits per heavy atom. The van der Waals surface area contributed by atoms with E-state index in [2.05, 4.69) is 9.47 Å². The van der Waals surface area contributed by atoms with Crippen LogP contribution in [0.4, 0.5) is 0 Å². The largest absolute Gasteiger partial charge is 0.486 e. The second-order valence-corrected chi connectivity index (χ2v) is 9.33. The van der Waals surface area contributed by atoms with Crippen molar-refractivity contribution in [3.63, 3.8) is 0 Å². The predicted octanol–water partition coefficient (Wildman–Crippen LogP) is 3.21. The van der Waals surface area contributed by atoms with Crippen LogP contribution in [0.2, 0.25) is 0 Å². The van der Waals surface area contributed by atoms with Gasteiger partial charge in [0.1, 0.15) is 44.1 Å². The first kappa shape index (κ1) is 30.7. The molecular weight excluding hydrogens is 604 g/mol. The van der Waals surface area contributed by atoms with Crippen molar-refractivity contribution in [2.75, 3.05) is 26.4 Å². The lowest BCUT2D eigenvalue weighted by atomic mass is 10.1. The predicted molar refractivity (Wildman–Crippen MR) is 150 cm³/mol. The van der Waals surface area contributed by atoms with Gasteiger partial charge in [-0.3, -0.25) is 0 Å². The number of cyclic esters (lactones) is 4. The van der Waals surface area contributed by atoms with Crippen LogP contribution < -0.4 is 9.47 Å². The highest BCUT2D eigenvalue weighted by molar-refractivity contribution is 6.16. The third kappa shape index (κ3) is 6.56. The van der Waals surface area contributed by atoms with E-state index in [0.717, 1.165) is 0 Å². The zero-order valence-corrected chi connectivity index (χ0v) is 23.4. The normalized spacial score (nSPS) is 12.5. The summed E-state index contributed by atoms with van der Waals surface area (Å²) in [7, 11) is 0. The summed E-state index contributed by atoms with van der Waals surface area (Å²) < 4.78 is 30.8. The molecule has 0 radical (unpaired) electrons. The number of rotatable bonds is 11. The van der Waals surface area contributed by atoms with Crippen molar-refractivity contribution >= 4 is 41.9 Å². The fraction of sp³-hybridized carbons (Fsp3) is 0.125. The van der Waals surface area contributed by atoms with Crippen LogP contribution in [-0.2, 0) is 18.9 Å². The lowest BCUT2D eigenvalue weighted by molar-refractivity contribution is 0.0422. The van der Waals surface area contributed by atoms with E-state index in [9.17, 15) is 28.8 Å². The van der Waals surface area contributed by atoms with E-state index in [0.29, 0.717) is 5.56 Å². The molecule has 2 aliphatic rings. The highest BCUT2D eigenvalue weighted by atomic mass is 16.6. The summed E-state index contributed by atoms with van der Waals surface area (Å²) in [6.07, 6.45) is 1.32. The van der Waals surface area contributed by atoms with Gasteiger partial charge in [-0.1, -0.05) is 6.07 Å². The summed E-state index contributed by atoms with van der Waals surface area (Å²) in [5.41, 5.74) is 0.322. The zero-order chi connectivity index (χ0) is 32.8. The van der Waals surface area contributed by atoms with Gasteiger partial charge in [-0.2, -0.15) is 10.5 Å². The first-order chi connectivity index (χ1) is 22.2. The molecule has 0 saturated carbocycles. The molecule has 0 fully saturated rings. The van der Waals surface area contributed by atoms with Gasteiger partial charge in [-0.25, -0.2) is 28.8 Å². The Hall–Kier alpha value is -6.80. The molecule has 3 aromatic rings. The van der Waals surface area contributed by atoms with Crippen molar-refractivity contribution in [1.29, 1.82) is 10.5 Å². The maximum Gasteiger partial charge on any atom is 0.346 e. The Kier molecular flexibility index (Phi) is 8.82. The van der Waals surface area contributed by atoms with Crippen LogP contribution in [0.15, 0.2) is 60.2 Å². The van der Waals surface area contributed by atoms with Crippen LogP contribution >= 0.6 is 0 Å². The van der Waals surface area contributed by atoms with E-state index in [-0.39, 0.29) is 76.9 Å². The van der Waals surface area contributed by atoms with Crippen molar-refractivity contribution in [2.45, 2.75) is 0 Å². The first-order valence-electron chi connectivity index (χ1n) is 13.3. The standard InChI is InChI=1S/C32H18N2O12/c33-15-18(16-34)11-17-1-6-25(41-7-9-43-27(35)19-2-4-21-23(13-19)31(39)45-29(21)37)26(12-17)42-8-10-44-28(36)20-3-5-22-24(14-20)32(40)46-30(22)38/h1-6,11-14H,7-10H2. The monoisotopic (exact) mass is 622 g/mol. The molecule has 2 aliphatic heterocycles. The molecule has 14 nitrogen and oxygen atoms in total. The number of fused-ring (bicyclic) bond motifs is 2. The molecule has 46 heavy (non-hydrogen) atoms. The third-order valence-electron chi connectivity index (χ3n) is 6.43. The Bertz CT molecular complexity index is 1930. The third-order valence-corrected chi connectivity index (χ3v) is 6.43. The second-order valence-electron chi connectivity index (χ2n) is 9.33. The highest BCUT2D eigenvalue weighted by Crippen LogP contribution is 2.30. The van der Waals surface area contributed by atoms with Crippen LogP contribution in [0.1, 0.15) is 67.7 Å². The minimum absolute atomic E-state index is 0.0185. The van der Waals surface area contributed by atoms with Crippen LogP contribution in [-0.4, -0.2) is 62.2 Å². The number of esters is 6. The van der Waals surface area contributed by atoms with Crippen LogP contribution in [0.25, 0.3) is 6.08 Å². The van der Waals surface area contributed by atoms with Gasteiger partial charge >= 0.3 is 35.8 Å². The van der Waals surface area contributed by atoms with E-state index >= 15 is 0 Å². The molecule has 3 aromatic carbocycles. The van der Waals surface area contributed by atoms with Crippen molar-refractivity contribution in [1.82, 2.24) is 0 Å². The summed E-state index contributed by atoms with van der Waals surface area (Å²) in [4.78, 5) is 71.7. The number of hydrogen-bond acceptors (Lipinski definition) is 14. The number of allylic oxidation sites excluding steroid dienone is 1. The lowest BCUT2D eigenvalue weighted by Gasteiger charge is -2.14. The van der Waals surface area contributed by atoms with Gasteiger partial charge in [-0.05, 0) is 60.2 Å². The summed E-state index contributed by atoms with van der Waals surface area (Å²) in [5, 5.41) is 18.2. The Labute approximate surface area is 258 Å². The Morgan fingerprint density at radius 2 is 1.09 bits per heavy atom. The van der Waals surface area contributed by atoms with Gasteiger partial charge in [0.05, 0.1) is 33.4 Å². The smallest absolute Gasteiger partial charge is 0.346 e. The molecule has 228 valence electrons. The summed E-state index contributed by atoms with van der Waals surface area (Å²) in [5.74, 6) is -4.54. The number of nitrogens with zero attached hydrogens (tertiary/aromatic N) is 2. The van der Waals surface area contributed by atoms with E-state index < -0.39 is 35.8 Å². The van der Waals surface area contributed by atoms with Crippen molar-refractivity contribution in [3.05, 3.63) is 99.1 Å². The van der Waals surface area contributed by atoms with E-state index in [1.165, 1.54) is 54.6 Å². The summed E-state index contributed by atoms with van der Waals surface area (Å²) in [6, 6.07) is 15.6. The number of carbonyl (C=O) groups is 6. The van der Waals surface area contributed by atoms with Gasteiger partial charge < -0.3 is 28.4 Å². The molecule has 0 bridgehead atoms. The van der Waals surface area contributed by atoms with Gasteiger partial charge in [0.25, 0.3) is 0 Å². The fourth-order valence-electron chi connectivity index (χ4n) is 4.27. The quantitative estimate of drug-likeness (QED) is 0.0990. The molecule has 0 N–H and O–H groups in total. The van der Waals surface area contributed by atoms with Crippen LogP contribution in [0.3, 0.4) is 0 Å². The minimum Gasteiger partial charge on any atom is -0.486 e. The molecule has 2 heterocycles. The summed E-state index contributed by atoms with van der Waals surface area (Å²) >= 11 is 0. The molecule has 14 heteroatoms. The maximum absolute atomic E-state index is 12.5. The average Bonchev–Trinajstić information content (AvgIpc) is 3.52. The Morgan fingerprint density at radius 1 is 0.609 bits per heavy atom. The molecule has 0 unspecified atom stereocenters. The first-order valence-corrected chi connectivity index (χ1v) is 13.3. The second kappa shape index (κ2) is 13.2. The lowest BCUT2D eigenvalue weighted by Crippen LogP contribution is -2.15. The summed E-state index contributed by atoms with van der Waals surface area (Å²) in [6.45, 7) is -0.756. The molecular formula is C32H18N2O12. The highest BCUT2D eigenvalue weighted by Gasteiger charge is 2.31. The molecule has 5 rings (SSSR count). The number of hydrogen-bond donors (Lipinski definition) is 0. The van der Waals surface area contributed by atoms with E-state index in [1.807, 2.05) is 0 Å². The number of carbonyl (C=O) groups excluding carboxylic acids is 6. The molecule has 0 atom stereocenters. The number of benzene rings is 3. The van der Waals surface area contributed by atoms with Crippen LogP contribution in [0.5, 0.6) is 11.5 Å². The van der Waals surface area contributed by atoms with E-state index in [1.54, 1.807) is 18.2 Å². The van der Waals surface area contributed by atoms with Gasteiger partial charge in [0.2, 0.25) is 0 Å². The van der Waals surface area contributed by atoms with Crippen molar-refractivity contribution in [2.24, 2.45) is 0 Å². The molecule has 0 aliphatic carbocycles. The Balaban J connectivity index is 1.19.